The van der Waals surface area contributed by atoms with Gasteiger partial charge in [-0.25, -0.2) is 0 Å². The minimum absolute atomic E-state index is 0.0416. The standard InChI is InChI=1S/C4H5N7O/c5-3-7-1(9-10-3)2-8-4(6)11-12-2/h(H2,6,11)(H3,5,7,9,10). The van der Waals surface area contributed by atoms with Gasteiger partial charge in [0.1, 0.15) is 0 Å². The first-order valence-electron chi connectivity index (χ1n) is 3.03. The van der Waals surface area contributed by atoms with E-state index in [-0.39, 0.29) is 17.8 Å². The lowest BCUT2D eigenvalue weighted by Gasteiger charge is -1.79. The lowest BCUT2D eigenvalue weighted by Crippen LogP contribution is -1.87. The van der Waals surface area contributed by atoms with E-state index in [4.69, 9.17) is 11.5 Å². The molecule has 12 heavy (non-hydrogen) atoms. The molecule has 2 rings (SSSR count). The molecule has 5 N–H and O–H groups in total. The largest absolute Gasteiger partial charge is 0.366 e. The first-order valence-corrected chi connectivity index (χ1v) is 3.03. The fourth-order valence-corrected chi connectivity index (χ4v) is 0.701. The maximum atomic E-state index is 5.25. The van der Waals surface area contributed by atoms with Crippen molar-refractivity contribution in [3.63, 3.8) is 0 Å². The van der Waals surface area contributed by atoms with Crippen LogP contribution < -0.4 is 11.5 Å². The molecule has 0 atom stereocenters. The van der Waals surface area contributed by atoms with Gasteiger partial charge in [-0.15, -0.1) is 5.10 Å². The molecule has 2 heterocycles. The number of nitrogens with one attached hydrogen (secondary N) is 1. The van der Waals surface area contributed by atoms with Gasteiger partial charge in [-0.2, -0.15) is 9.97 Å². The van der Waals surface area contributed by atoms with Crippen molar-refractivity contribution in [2.75, 3.05) is 11.5 Å². The predicted molar refractivity (Wildman–Crippen MR) is 38.5 cm³/mol. The number of hydrogen-bond donors (Lipinski definition) is 3. The van der Waals surface area contributed by atoms with Crippen LogP contribution >= 0.6 is 0 Å². The van der Waals surface area contributed by atoms with Crippen LogP contribution in [0.4, 0.5) is 11.9 Å². The van der Waals surface area contributed by atoms with E-state index in [9.17, 15) is 0 Å². The summed E-state index contributed by atoms with van der Waals surface area (Å²) in [6.07, 6.45) is 0. The average Bonchev–Trinajstić information content (AvgIpc) is 2.58. The van der Waals surface area contributed by atoms with Gasteiger partial charge in [0.2, 0.25) is 11.8 Å². The Labute approximate surface area is 66.0 Å². The summed E-state index contributed by atoms with van der Waals surface area (Å²) in [5.41, 5.74) is 10.5. The van der Waals surface area contributed by atoms with Crippen molar-refractivity contribution in [3.8, 4) is 11.7 Å². The van der Waals surface area contributed by atoms with Gasteiger partial charge in [0.15, 0.2) is 0 Å². The zero-order valence-electron chi connectivity index (χ0n) is 5.85. The van der Waals surface area contributed by atoms with Crippen LogP contribution in [0.15, 0.2) is 4.52 Å². The Morgan fingerprint density at radius 2 is 2.00 bits per heavy atom. The zero-order valence-corrected chi connectivity index (χ0v) is 5.85. The third kappa shape index (κ3) is 0.944. The second-order valence-electron chi connectivity index (χ2n) is 2.00. The van der Waals surface area contributed by atoms with Crippen molar-refractivity contribution in [1.29, 1.82) is 0 Å². The lowest BCUT2D eigenvalue weighted by molar-refractivity contribution is 0.430. The number of nitrogens with two attached hydrogens (primary N) is 2. The molecule has 0 unspecified atom stereocenters. The number of nitrogens with zero attached hydrogens (tertiary/aromatic N) is 4. The SMILES string of the molecule is Nc1n[nH]c(-c2nc(N)no2)n1. The van der Waals surface area contributed by atoms with Crippen LogP contribution in [-0.2, 0) is 0 Å². The molecule has 0 amide bonds. The number of nitrogen functional groups attached to an aromatic ring is 2. The van der Waals surface area contributed by atoms with E-state index in [0.29, 0.717) is 5.82 Å². The van der Waals surface area contributed by atoms with Crippen molar-refractivity contribution >= 4 is 11.9 Å². The van der Waals surface area contributed by atoms with Gasteiger partial charge in [0.25, 0.3) is 11.8 Å². The number of aromatic amines is 1. The highest BCUT2D eigenvalue weighted by Crippen LogP contribution is 2.12. The smallest absolute Gasteiger partial charge is 0.296 e. The Balaban J connectivity index is 2.43. The molecule has 0 saturated heterocycles. The van der Waals surface area contributed by atoms with Crippen LogP contribution in [0.5, 0.6) is 0 Å². The summed E-state index contributed by atoms with van der Waals surface area (Å²) in [5, 5.41) is 9.44. The summed E-state index contributed by atoms with van der Waals surface area (Å²) in [5.74, 6) is 0.621. The minimum Gasteiger partial charge on any atom is -0.366 e. The average molecular weight is 167 g/mol. The van der Waals surface area contributed by atoms with Gasteiger partial charge in [0, 0.05) is 0 Å². The van der Waals surface area contributed by atoms with Gasteiger partial charge in [-0.3, -0.25) is 5.10 Å². The van der Waals surface area contributed by atoms with Crippen LogP contribution in [0, 0.1) is 0 Å². The Hall–Kier alpha value is -2.12. The quantitative estimate of drug-likeness (QED) is 0.497. The van der Waals surface area contributed by atoms with Gasteiger partial charge in [0.05, 0.1) is 0 Å². The lowest BCUT2D eigenvalue weighted by atomic mass is 10.6. The van der Waals surface area contributed by atoms with E-state index in [1.807, 2.05) is 0 Å². The van der Waals surface area contributed by atoms with Crippen LogP contribution in [-0.4, -0.2) is 25.3 Å². The Morgan fingerprint density at radius 3 is 2.50 bits per heavy atom. The molecule has 62 valence electrons. The predicted octanol–water partition coefficient (Wildman–Crippen LogP) is -0.981. The van der Waals surface area contributed by atoms with Crippen molar-refractivity contribution < 1.29 is 4.52 Å². The van der Waals surface area contributed by atoms with Crippen LogP contribution in [0.25, 0.3) is 11.7 Å². The first-order chi connectivity index (χ1) is 5.75. The van der Waals surface area contributed by atoms with Gasteiger partial charge in [-0.05, 0) is 5.16 Å². The number of aromatic nitrogens is 5. The molecule has 8 nitrogen and oxygen atoms in total. The zero-order chi connectivity index (χ0) is 8.55. The molecule has 0 aliphatic heterocycles. The highest BCUT2D eigenvalue weighted by molar-refractivity contribution is 5.43. The van der Waals surface area contributed by atoms with Gasteiger partial charge < -0.3 is 16.0 Å². The molecule has 0 fully saturated rings. The summed E-state index contributed by atoms with van der Waals surface area (Å²) >= 11 is 0. The molecule has 8 heteroatoms. The number of rotatable bonds is 1. The molecular weight excluding hydrogens is 162 g/mol. The van der Waals surface area contributed by atoms with E-state index in [1.165, 1.54) is 0 Å². The van der Waals surface area contributed by atoms with E-state index < -0.39 is 0 Å². The summed E-state index contributed by atoms with van der Waals surface area (Å²) < 4.78 is 4.69. The second kappa shape index (κ2) is 2.19. The van der Waals surface area contributed by atoms with Crippen LogP contribution in [0.1, 0.15) is 0 Å². The second-order valence-corrected chi connectivity index (χ2v) is 2.00. The fourth-order valence-electron chi connectivity index (χ4n) is 0.701. The summed E-state index contributed by atoms with van der Waals surface area (Å²) in [6.45, 7) is 0. The molecule has 2 aromatic rings. The van der Waals surface area contributed by atoms with E-state index in [1.54, 1.807) is 0 Å². The Bertz CT molecular complexity index is 351. The fraction of sp³-hybridized carbons (Fsp3) is 0. The molecular formula is C4H5N7O. The normalized spacial score (nSPS) is 10.3. The monoisotopic (exact) mass is 167 g/mol. The topological polar surface area (TPSA) is 133 Å². The maximum Gasteiger partial charge on any atom is 0.296 e. The maximum absolute atomic E-state index is 5.25. The van der Waals surface area contributed by atoms with Crippen molar-refractivity contribution in [3.05, 3.63) is 0 Å². The Kier molecular flexibility index (Phi) is 1.20. The molecule has 0 aliphatic carbocycles. The van der Waals surface area contributed by atoms with E-state index in [2.05, 4.69) is 29.8 Å². The van der Waals surface area contributed by atoms with Crippen molar-refractivity contribution in [2.24, 2.45) is 0 Å². The van der Waals surface area contributed by atoms with Gasteiger partial charge >= 0.3 is 0 Å². The Morgan fingerprint density at radius 1 is 1.17 bits per heavy atom. The molecule has 0 saturated carbocycles. The third-order valence-electron chi connectivity index (χ3n) is 1.15. The summed E-state index contributed by atoms with van der Waals surface area (Å²) in [4.78, 5) is 7.46. The van der Waals surface area contributed by atoms with Gasteiger partial charge in [-0.1, -0.05) is 0 Å². The highest BCUT2D eigenvalue weighted by Gasteiger charge is 2.10. The molecule has 0 aromatic carbocycles. The summed E-state index contributed by atoms with van der Waals surface area (Å²) in [7, 11) is 0. The summed E-state index contributed by atoms with van der Waals surface area (Å²) in [6, 6.07) is 0. The van der Waals surface area contributed by atoms with Crippen LogP contribution in [0.3, 0.4) is 0 Å². The molecule has 0 radical (unpaired) electrons. The highest BCUT2D eigenvalue weighted by atomic mass is 16.5. The minimum atomic E-state index is 0.0416. The number of anilines is 2. The van der Waals surface area contributed by atoms with Crippen molar-refractivity contribution in [1.82, 2.24) is 25.3 Å². The van der Waals surface area contributed by atoms with E-state index in [0.717, 1.165) is 0 Å². The van der Waals surface area contributed by atoms with E-state index >= 15 is 0 Å². The molecule has 0 aliphatic rings. The van der Waals surface area contributed by atoms with Crippen LogP contribution in [0.2, 0.25) is 0 Å². The van der Waals surface area contributed by atoms with Crippen molar-refractivity contribution in [2.45, 2.75) is 0 Å². The molecule has 0 bridgehead atoms. The number of H-pyrrole nitrogens is 1. The third-order valence-corrected chi connectivity index (χ3v) is 1.15. The number of hydrogen-bond acceptors (Lipinski definition) is 7. The molecule has 2 aromatic heterocycles. The first kappa shape index (κ1) is 6.58. The molecule has 0 spiro atoms.